The minimum absolute atomic E-state index is 0.189. The number of hydrogen-bond donors (Lipinski definition) is 1. The lowest BCUT2D eigenvalue weighted by atomic mass is 10.1. The number of ether oxygens (including phenoxy) is 1. The Morgan fingerprint density at radius 2 is 1.71 bits per heavy atom. The van der Waals surface area contributed by atoms with E-state index in [0.29, 0.717) is 61.6 Å². The lowest BCUT2D eigenvalue weighted by Crippen LogP contribution is -2.49. The van der Waals surface area contributed by atoms with Crippen LogP contribution in [0.3, 0.4) is 0 Å². The Balaban J connectivity index is 1.38. The van der Waals surface area contributed by atoms with Gasteiger partial charge < -0.3 is 20.3 Å². The van der Waals surface area contributed by atoms with Gasteiger partial charge in [-0.2, -0.15) is 4.31 Å². The predicted octanol–water partition coefficient (Wildman–Crippen LogP) is 3.50. The van der Waals surface area contributed by atoms with Crippen LogP contribution >= 0.6 is 11.3 Å². The van der Waals surface area contributed by atoms with Gasteiger partial charge in [-0.1, -0.05) is 26.0 Å². The van der Waals surface area contributed by atoms with Crippen molar-refractivity contribution in [3.05, 3.63) is 42.2 Å². The standard InChI is InChI=1S/C29H36N8O3S2/c1-19(2)18-35-7-9-37(10-8-35)42(38,39)23-6-4-5-21(15-23)25-20(3)24-26(41-25)28(36-11-13-40-14-12-36)34-27(33-24)22-16-31-29(30)32-17-22/h4-6,15-17,19H,7-14,18H2,1-3H3,(H2,30,31,32). The molecule has 0 atom stereocenters. The molecule has 1 aromatic carbocycles. The number of hydrogen-bond acceptors (Lipinski definition) is 11. The molecule has 6 rings (SSSR count). The first-order chi connectivity index (χ1) is 20.2. The third kappa shape index (κ3) is 5.71. The number of aromatic nitrogens is 4. The number of nitrogen functional groups attached to an aromatic ring is 1. The molecule has 0 spiro atoms. The van der Waals surface area contributed by atoms with E-state index in [0.717, 1.165) is 51.7 Å². The smallest absolute Gasteiger partial charge is 0.243 e. The molecule has 3 aromatic heterocycles. The number of piperazine rings is 1. The number of morpholine rings is 1. The SMILES string of the molecule is Cc1c(-c2cccc(S(=O)(=O)N3CCN(CC(C)C)CC3)c2)sc2c(N3CCOCC3)nc(-c3cnc(N)nc3)nc12. The number of sulfonamides is 1. The summed E-state index contributed by atoms with van der Waals surface area (Å²) in [6, 6.07) is 7.28. The van der Waals surface area contributed by atoms with Gasteiger partial charge in [0.2, 0.25) is 16.0 Å². The lowest BCUT2D eigenvalue weighted by molar-refractivity contribution is 0.122. The first-order valence-corrected chi connectivity index (χ1v) is 16.5. The monoisotopic (exact) mass is 608 g/mol. The van der Waals surface area contributed by atoms with E-state index in [4.69, 9.17) is 20.4 Å². The van der Waals surface area contributed by atoms with Crippen LogP contribution in [0.4, 0.5) is 11.8 Å². The summed E-state index contributed by atoms with van der Waals surface area (Å²) in [7, 11) is -3.62. The topological polar surface area (TPSA) is 131 Å². The molecule has 0 amide bonds. The van der Waals surface area contributed by atoms with E-state index in [2.05, 4.69) is 33.6 Å². The normalized spacial score (nSPS) is 17.4. The predicted molar refractivity (Wildman–Crippen MR) is 166 cm³/mol. The third-order valence-electron chi connectivity index (χ3n) is 7.68. The molecule has 0 radical (unpaired) electrons. The van der Waals surface area contributed by atoms with E-state index < -0.39 is 10.0 Å². The van der Waals surface area contributed by atoms with Crippen LogP contribution in [-0.4, -0.2) is 96.6 Å². The van der Waals surface area contributed by atoms with Gasteiger partial charge in [-0.15, -0.1) is 11.3 Å². The zero-order valence-electron chi connectivity index (χ0n) is 24.2. The van der Waals surface area contributed by atoms with Crippen LogP contribution in [0.5, 0.6) is 0 Å². The molecule has 0 aliphatic carbocycles. The first-order valence-electron chi connectivity index (χ1n) is 14.3. The molecule has 222 valence electrons. The fourth-order valence-corrected chi connectivity index (χ4v) is 8.26. The molecular weight excluding hydrogens is 573 g/mol. The number of thiophene rings is 1. The maximum atomic E-state index is 13.7. The molecule has 42 heavy (non-hydrogen) atoms. The van der Waals surface area contributed by atoms with Gasteiger partial charge in [-0.3, -0.25) is 0 Å². The number of anilines is 2. The maximum Gasteiger partial charge on any atom is 0.243 e. The van der Waals surface area contributed by atoms with Gasteiger partial charge in [0.25, 0.3) is 0 Å². The molecule has 5 heterocycles. The van der Waals surface area contributed by atoms with Crippen molar-refractivity contribution < 1.29 is 13.2 Å². The van der Waals surface area contributed by atoms with Crippen molar-refractivity contribution in [2.45, 2.75) is 25.7 Å². The summed E-state index contributed by atoms with van der Waals surface area (Å²) in [6.07, 6.45) is 3.26. The van der Waals surface area contributed by atoms with E-state index in [1.54, 1.807) is 40.2 Å². The Labute approximate surface area is 250 Å². The molecule has 2 fully saturated rings. The molecule has 2 saturated heterocycles. The summed E-state index contributed by atoms with van der Waals surface area (Å²) >= 11 is 1.59. The summed E-state index contributed by atoms with van der Waals surface area (Å²) < 4.78 is 35.6. The Morgan fingerprint density at radius 3 is 2.40 bits per heavy atom. The number of nitrogens with zero attached hydrogens (tertiary/aromatic N) is 7. The minimum atomic E-state index is -3.62. The second-order valence-electron chi connectivity index (χ2n) is 11.2. The van der Waals surface area contributed by atoms with Crippen molar-refractivity contribution in [1.29, 1.82) is 0 Å². The zero-order chi connectivity index (χ0) is 29.4. The first kappa shape index (κ1) is 28.9. The summed E-state index contributed by atoms with van der Waals surface area (Å²) in [5, 5.41) is 0. The van der Waals surface area contributed by atoms with Gasteiger partial charge in [0.15, 0.2) is 11.6 Å². The number of benzene rings is 1. The molecule has 2 N–H and O–H groups in total. The number of nitrogens with two attached hydrogens (primary N) is 1. The van der Waals surface area contributed by atoms with Crippen molar-refractivity contribution in [3.63, 3.8) is 0 Å². The van der Waals surface area contributed by atoms with E-state index in [-0.39, 0.29) is 5.95 Å². The highest BCUT2D eigenvalue weighted by molar-refractivity contribution is 7.89. The minimum Gasteiger partial charge on any atom is -0.378 e. The average molecular weight is 609 g/mol. The molecule has 0 bridgehead atoms. The van der Waals surface area contributed by atoms with E-state index in [1.807, 2.05) is 19.1 Å². The van der Waals surface area contributed by atoms with Crippen LogP contribution < -0.4 is 10.6 Å². The molecule has 13 heteroatoms. The molecule has 0 saturated carbocycles. The van der Waals surface area contributed by atoms with Crippen LogP contribution in [0.15, 0.2) is 41.6 Å². The van der Waals surface area contributed by atoms with Crippen molar-refractivity contribution in [2.24, 2.45) is 5.92 Å². The highest BCUT2D eigenvalue weighted by Gasteiger charge is 2.29. The zero-order valence-corrected chi connectivity index (χ0v) is 25.8. The highest BCUT2D eigenvalue weighted by Crippen LogP contribution is 2.42. The third-order valence-corrected chi connectivity index (χ3v) is 10.9. The average Bonchev–Trinajstić information content (AvgIpc) is 3.33. The molecular formula is C29H36N8O3S2. The number of aryl methyl sites for hydroxylation is 1. The van der Waals surface area contributed by atoms with Crippen molar-refractivity contribution in [2.75, 3.05) is 69.7 Å². The molecule has 2 aliphatic rings. The van der Waals surface area contributed by atoms with Crippen LogP contribution in [0.2, 0.25) is 0 Å². The maximum absolute atomic E-state index is 13.7. The molecule has 11 nitrogen and oxygen atoms in total. The Bertz CT molecular complexity index is 1680. The van der Waals surface area contributed by atoms with Gasteiger partial charge >= 0.3 is 0 Å². The Hall–Kier alpha value is -3.23. The van der Waals surface area contributed by atoms with Crippen LogP contribution in [0.1, 0.15) is 19.4 Å². The summed E-state index contributed by atoms with van der Waals surface area (Å²) in [4.78, 5) is 24.0. The number of rotatable bonds is 7. The van der Waals surface area contributed by atoms with E-state index in [1.165, 1.54) is 0 Å². The number of fused-ring (bicyclic) bond motifs is 1. The van der Waals surface area contributed by atoms with Gasteiger partial charge in [-0.25, -0.2) is 28.4 Å². The Morgan fingerprint density at radius 1 is 1.00 bits per heavy atom. The molecule has 0 unspecified atom stereocenters. The quantitative estimate of drug-likeness (QED) is 0.333. The van der Waals surface area contributed by atoms with Crippen LogP contribution in [0, 0.1) is 12.8 Å². The summed E-state index contributed by atoms with van der Waals surface area (Å²) in [5.74, 6) is 2.09. The van der Waals surface area contributed by atoms with Gasteiger partial charge in [-0.05, 0) is 36.1 Å². The van der Waals surface area contributed by atoms with Crippen LogP contribution in [0.25, 0.3) is 32.0 Å². The molecule has 2 aliphatic heterocycles. The highest BCUT2D eigenvalue weighted by atomic mass is 32.2. The summed E-state index contributed by atoms with van der Waals surface area (Å²) in [5.41, 5.74) is 9.04. The second kappa shape index (κ2) is 11.8. The van der Waals surface area contributed by atoms with Gasteiger partial charge in [0, 0.05) is 63.1 Å². The largest absolute Gasteiger partial charge is 0.378 e. The second-order valence-corrected chi connectivity index (χ2v) is 14.1. The van der Waals surface area contributed by atoms with Gasteiger partial charge in [0.1, 0.15) is 0 Å². The fraction of sp³-hybridized carbons (Fsp3) is 0.448. The van der Waals surface area contributed by atoms with E-state index in [9.17, 15) is 8.42 Å². The van der Waals surface area contributed by atoms with E-state index >= 15 is 0 Å². The van der Waals surface area contributed by atoms with Crippen molar-refractivity contribution in [3.8, 4) is 21.8 Å². The molecule has 4 aromatic rings. The Kier molecular flexibility index (Phi) is 8.11. The van der Waals surface area contributed by atoms with Crippen molar-refractivity contribution >= 4 is 43.3 Å². The fourth-order valence-electron chi connectivity index (χ4n) is 5.54. The van der Waals surface area contributed by atoms with Crippen molar-refractivity contribution in [1.82, 2.24) is 29.1 Å². The summed E-state index contributed by atoms with van der Waals surface area (Å²) in [6.45, 7) is 12.5. The van der Waals surface area contributed by atoms with Crippen LogP contribution in [-0.2, 0) is 14.8 Å². The lowest BCUT2D eigenvalue weighted by Gasteiger charge is -2.34. The van der Waals surface area contributed by atoms with Gasteiger partial charge in [0.05, 0.1) is 33.9 Å².